The summed E-state index contributed by atoms with van der Waals surface area (Å²) in [6, 6.07) is 0. The molecule has 1 fully saturated rings. The van der Waals surface area contributed by atoms with Crippen molar-refractivity contribution in [2.75, 3.05) is 19.8 Å². The van der Waals surface area contributed by atoms with E-state index in [1.165, 1.54) is 0 Å². The fraction of sp³-hybridized carbons (Fsp3) is 0.900. The zero-order valence-corrected chi connectivity index (χ0v) is 8.98. The van der Waals surface area contributed by atoms with Crippen LogP contribution in [-0.4, -0.2) is 31.7 Å². The lowest BCUT2D eigenvalue weighted by Crippen LogP contribution is -2.43. The fourth-order valence-corrected chi connectivity index (χ4v) is 1.88. The van der Waals surface area contributed by atoms with Crippen LogP contribution in [0.25, 0.3) is 0 Å². The van der Waals surface area contributed by atoms with E-state index in [0.29, 0.717) is 26.1 Å². The second-order valence-corrected chi connectivity index (χ2v) is 4.14. The molecule has 0 bridgehead atoms. The van der Waals surface area contributed by atoms with Crippen LogP contribution in [-0.2, 0) is 9.53 Å². The maximum atomic E-state index is 12.0. The van der Waals surface area contributed by atoms with Crippen molar-refractivity contribution in [3.05, 3.63) is 0 Å². The van der Waals surface area contributed by atoms with Gasteiger partial charge in [0.1, 0.15) is 5.78 Å². The number of alkyl halides is 3. The third-order valence-corrected chi connectivity index (χ3v) is 3.07. The van der Waals surface area contributed by atoms with E-state index in [2.05, 4.69) is 0 Å². The zero-order valence-electron chi connectivity index (χ0n) is 8.98. The van der Waals surface area contributed by atoms with Crippen LogP contribution in [0.4, 0.5) is 13.2 Å². The number of rotatable bonds is 4. The molecule has 6 heteroatoms. The van der Waals surface area contributed by atoms with Crippen molar-refractivity contribution in [1.29, 1.82) is 0 Å². The van der Waals surface area contributed by atoms with Crippen molar-refractivity contribution >= 4 is 5.78 Å². The maximum absolute atomic E-state index is 12.0. The minimum atomic E-state index is -4.28. The average Bonchev–Trinajstić information content (AvgIpc) is 2.25. The van der Waals surface area contributed by atoms with Gasteiger partial charge in [-0.25, -0.2) is 0 Å². The Kier molecular flexibility index (Phi) is 4.32. The van der Waals surface area contributed by atoms with Crippen molar-refractivity contribution in [2.24, 2.45) is 11.1 Å². The molecule has 2 N–H and O–H groups in total. The molecule has 0 aromatic heterocycles. The van der Waals surface area contributed by atoms with Gasteiger partial charge in [-0.1, -0.05) is 0 Å². The highest BCUT2D eigenvalue weighted by Crippen LogP contribution is 2.33. The van der Waals surface area contributed by atoms with Gasteiger partial charge in [-0.3, -0.25) is 4.79 Å². The molecule has 0 unspecified atom stereocenters. The topological polar surface area (TPSA) is 52.3 Å². The molecule has 94 valence electrons. The molecule has 0 aromatic rings. The smallest absolute Gasteiger partial charge is 0.381 e. The van der Waals surface area contributed by atoms with Crippen LogP contribution in [0, 0.1) is 5.41 Å². The van der Waals surface area contributed by atoms with Gasteiger partial charge >= 0.3 is 6.18 Å². The lowest BCUT2D eigenvalue weighted by Gasteiger charge is -2.34. The quantitative estimate of drug-likeness (QED) is 0.811. The van der Waals surface area contributed by atoms with Crippen molar-refractivity contribution in [3.8, 4) is 0 Å². The fourth-order valence-electron chi connectivity index (χ4n) is 1.88. The first kappa shape index (κ1) is 13.4. The van der Waals surface area contributed by atoms with Crippen molar-refractivity contribution in [1.82, 2.24) is 0 Å². The molecule has 16 heavy (non-hydrogen) atoms. The predicted octanol–water partition coefficient (Wildman–Crippen LogP) is 1.65. The highest BCUT2D eigenvalue weighted by molar-refractivity contribution is 5.85. The Morgan fingerprint density at radius 3 is 2.31 bits per heavy atom. The van der Waals surface area contributed by atoms with Gasteiger partial charge in [-0.05, 0) is 12.8 Å². The predicted molar refractivity (Wildman–Crippen MR) is 51.8 cm³/mol. The zero-order chi connectivity index (χ0) is 12.2. The molecule has 0 aliphatic carbocycles. The Morgan fingerprint density at radius 1 is 1.31 bits per heavy atom. The number of carbonyl (C=O) groups is 1. The van der Waals surface area contributed by atoms with Gasteiger partial charge in [-0.2, -0.15) is 13.2 Å². The highest BCUT2D eigenvalue weighted by atomic mass is 19.4. The van der Waals surface area contributed by atoms with Crippen LogP contribution in [0.5, 0.6) is 0 Å². The van der Waals surface area contributed by atoms with E-state index >= 15 is 0 Å². The van der Waals surface area contributed by atoms with Gasteiger partial charge in [0, 0.05) is 31.6 Å². The summed E-state index contributed by atoms with van der Waals surface area (Å²) in [5, 5.41) is 0. The van der Waals surface area contributed by atoms with E-state index in [1.807, 2.05) is 0 Å². The molecule has 0 radical (unpaired) electrons. The van der Waals surface area contributed by atoms with Gasteiger partial charge in [0.25, 0.3) is 0 Å². The van der Waals surface area contributed by atoms with Crippen molar-refractivity contribution in [3.63, 3.8) is 0 Å². The Bertz CT molecular complexity index is 247. The standard InChI is InChI=1S/C10H16F3NO2/c11-10(12,13)2-1-8(15)9(7-14)3-5-16-6-4-9/h1-7,14H2. The SMILES string of the molecule is NCC1(C(=O)CCC(F)(F)F)CCOCC1. The van der Waals surface area contributed by atoms with Gasteiger partial charge in [0.2, 0.25) is 0 Å². The third kappa shape index (κ3) is 3.45. The maximum Gasteiger partial charge on any atom is 0.389 e. The molecule has 1 aliphatic heterocycles. The largest absolute Gasteiger partial charge is 0.389 e. The van der Waals surface area contributed by atoms with Gasteiger partial charge in [-0.15, -0.1) is 0 Å². The molecular weight excluding hydrogens is 223 g/mol. The molecule has 1 heterocycles. The molecule has 1 aliphatic rings. The molecule has 0 saturated carbocycles. The molecule has 0 atom stereocenters. The summed E-state index contributed by atoms with van der Waals surface area (Å²) in [7, 11) is 0. The van der Waals surface area contributed by atoms with Gasteiger partial charge < -0.3 is 10.5 Å². The minimum absolute atomic E-state index is 0.104. The number of hydrogen-bond acceptors (Lipinski definition) is 3. The van der Waals surface area contributed by atoms with Crippen LogP contribution in [0.3, 0.4) is 0 Å². The van der Waals surface area contributed by atoms with E-state index in [0.717, 1.165) is 0 Å². The molecule has 3 nitrogen and oxygen atoms in total. The second-order valence-electron chi connectivity index (χ2n) is 4.14. The van der Waals surface area contributed by atoms with Gasteiger partial charge in [0.05, 0.1) is 6.42 Å². The number of Topliss-reactive ketones (excluding diaryl/α,β-unsaturated/α-hetero) is 1. The lowest BCUT2D eigenvalue weighted by molar-refractivity contribution is -0.150. The van der Waals surface area contributed by atoms with Crippen molar-refractivity contribution < 1.29 is 22.7 Å². The molecule has 0 aromatic carbocycles. The first-order valence-electron chi connectivity index (χ1n) is 5.27. The summed E-state index contributed by atoms with van der Waals surface area (Å²) in [4.78, 5) is 11.8. The molecule has 0 spiro atoms. The number of ketones is 1. The number of halogens is 3. The van der Waals surface area contributed by atoms with E-state index in [9.17, 15) is 18.0 Å². The first-order chi connectivity index (χ1) is 7.40. The molecular formula is C10H16F3NO2. The van der Waals surface area contributed by atoms with E-state index < -0.39 is 24.4 Å². The lowest BCUT2D eigenvalue weighted by atomic mass is 9.75. The van der Waals surface area contributed by atoms with Crippen LogP contribution in [0.1, 0.15) is 25.7 Å². The normalized spacial score (nSPS) is 20.8. The Labute approximate surface area is 92.1 Å². The Morgan fingerprint density at radius 2 is 1.88 bits per heavy atom. The van der Waals surface area contributed by atoms with Gasteiger partial charge in [0.15, 0.2) is 0 Å². The van der Waals surface area contributed by atoms with E-state index in [1.54, 1.807) is 0 Å². The number of nitrogens with two attached hydrogens (primary N) is 1. The van der Waals surface area contributed by atoms with Crippen molar-refractivity contribution in [2.45, 2.75) is 31.9 Å². The molecule has 1 saturated heterocycles. The van der Waals surface area contributed by atoms with Crippen LogP contribution < -0.4 is 5.73 Å². The number of carbonyl (C=O) groups excluding carboxylic acids is 1. The average molecular weight is 239 g/mol. The Balaban J connectivity index is 2.55. The molecule has 1 rings (SSSR count). The summed E-state index contributed by atoms with van der Waals surface area (Å²) in [6.07, 6.45) is -4.95. The third-order valence-electron chi connectivity index (χ3n) is 3.07. The van der Waals surface area contributed by atoms with Crippen LogP contribution in [0.15, 0.2) is 0 Å². The summed E-state index contributed by atoms with van der Waals surface area (Å²) in [5.41, 5.74) is 4.73. The number of hydrogen-bond donors (Lipinski definition) is 1. The number of ether oxygens (including phenoxy) is 1. The molecule has 0 amide bonds. The van der Waals surface area contributed by atoms with E-state index in [4.69, 9.17) is 10.5 Å². The summed E-state index contributed by atoms with van der Waals surface area (Å²) < 4.78 is 41.1. The van der Waals surface area contributed by atoms with E-state index in [-0.39, 0.29) is 12.3 Å². The van der Waals surface area contributed by atoms with Crippen LogP contribution >= 0.6 is 0 Å². The Hall–Kier alpha value is -0.620. The van der Waals surface area contributed by atoms with Crippen LogP contribution in [0.2, 0.25) is 0 Å². The highest BCUT2D eigenvalue weighted by Gasteiger charge is 2.40. The summed E-state index contributed by atoms with van der Waals surface area (Å²) in [6.45, 7) is 0.900. The monoisotopic (exact) mass is 239 g/mol. The second kappa shape index (κ2) is 5.14. The summed E-state index contributed by atoms with van der Waals surface area (Å²) in [5.74, 6) is -0.379. The summed E-state index contributed by atoms with van der Waals surface area (Å²) >= 11 is 0. The first-order valence-corrected chi connectivity index (χ1v) is 5.27. The minimum Gasteiger partial charge on any atom is -0.381 e.